The molecular weight excluding hydrogens is 248 g/mol. The average molecular weight is 284 g/mol. The summed E-state index contributed by atoms with van der Waals surface area (Å²) in [5.41, 5.74) is -0.131. The van der Waals surface area contributed by atoms with Gasteiger partial charge >= 0.3 is 0 Å². The van der Waals surface area contributed by atoms with Gasteiger partial charge in [-0.25, -0.2) is 0 Å². The smallest absolute Gasteiger partial charge is 0.141 e. The van der Waals surface area contributed by atoms with E-state index in [0.717, 1.165) is 25.7 Å². The Bertz CT molecular complexity index is 279. The van der Waals surface area contributed by atoms with E-state index in [1.165, 1.54) is 6.42 Å². The van der Waals surface area contributed by atoms with Crippen LogP contribution in [0.25, 0.3) is 0 Å². The molecule has 0 aliphatic carbocycles. The van der Waals surface area contributed by atoms with Crippen molar-refractivity contribution in [1.29, 1.82) is 0 Å². The highest BCUT2D eigenvalue weighted by molar-refractivity contribution is 5.85. The summed E-state index contributed by atoms with van der Waals surface area (Å²) in [4.78, 5) is 12.9. The minimum atomic E-state index is -0.275. The lowest BCUT2D eigenvalue weighted by molar-refractivity contribution is -0.135. The van der Waals surface area contributed by atoms with Gasteiger partial charge in [0.25, 0.3) is 0 Å². The molecule has 20 heavy (non-hydrogen) atoms. The van der Waals surface area contributed by atoms with E-state index in [1.807, 2.05) is 0 Å². The van der Waals surface area contributed by atoms with Crippen LogP contribution in [-0.2, 0) is 9.53 Å². The van der Waals surface area contributed by atoms with Crippen LogP contribution in [0.2, 0.25) is 0 Å². The van der Waals surface area contributed by atoms with Crippen molar-refractivity contribution in [3.05, 3.63) is 0 Å². The lowest BCUT2D eigenvalue weighted by Crippen LogP contribution is -2.37. The first-order valence-electron chi connectivity index (χ1n) is 8.31. The maximum atomic E-state index is 12.9. The predicted octanol–water partition coefficient (Wildman–Crippen LogP) is 5.25. The van der Waals surface area contributed by atoms with Crippen LogP contribution < -0.4 is 0 Å². The van der Waals surface area contributed by atoms with Crippen LogP contribution in [0, 0.1) is 16.7 Å². The first kappa shape index (κ1) is 19.6. The van der Waals surface area contributed by atoms with E-state index in [2.05, 4.69) is 41.5 Å². The van der Waals surface area contributed by atoms with E-state index in [4.69, 9.17) is 4.74 Å². The molecule has 0 aliphatic heterocycles. The molecule has 0 spiro atoms. The predicted molar refractivity (Wildman–Crippen MR) is 87.0 cm³/mol. The fourth-order valence-electron chi connectivity index (χ4n) is 2.81. The molecule has 0 bridgehead atoms. The van der Waals surface area contributed by atoms with E-state index < -0.39 is 0 Å². The van der Waals surface area contributed by atoms with Crippen LogP contribution in [0.3, 0.4) is 0 Å². The minimum Gasteiger partial charge on any atom is -0.384 e. The Morgan fingerprint density at radius 3 is 2.00 bits per heavy atom. The van der Waals surface area contributed by atoms with Crippen LogP contribution >= 0.6 is 0 Å². The van der Waals surface area contributed by atoms with Crippen LogP contribution in [-0.4, -0.2) is 19.5 Å². The minimum absolute atomic E-state index is 0.144. The van der Waals surface area contributed by atoms with Crippen molar-refractivity contribution in [3.63, 3.8) is 0 Å². The first-order valence-corrected chi connectivity index (χ1v) is 8.31. The molecule has 0 aliphatic rings. The molecule has 1 unspecified atom stereocenters. The maximum absolute atomic E-state index is 12.9. The van der Waals surface area contributed by atoms with E-state index in [0.29, 0.717) is 24.7 Å². The number of carbonyl (C=O) groups excluding carboxylic acids is 1. The lowest BCUT2D eigenvalue weighted by Gasteiger charge is -2.35. The summed E-state index contributed by atoms with van der Waals surface area (Å²) < 4.78 is 5.34. The molecular formula is C18H36O2. The number of hydrogen-bond acceptors (Lipinski definition) is 2. The Hall–Kier alpha value is -0.370. The number of rotatable bonds is 11. The molecule has 0 saturated heterocycles. The zero-order valence-electron chi connectivity index (χ0n) is 14.8. The van der Waals surface area contributed by atoms with Crippen molar-refractivity contribution in [1.82, 2.24) is 0 Å². The second-order valence-electron chi connectivity index (χ2n) is 7.12. The number of Topliss-reactive ketones (excluding diaryl/α,β-unsaturated/α-hetero) is 1. The van der Waals surface area contributed by atoms with Gasteiger partial charge in [-0.2, -0.15) is 0 Å². The summed E-state index contributed by atoms with van der Waals surface area (Å²) in [6.45, 7) is 13.8. The van der Waals surface area contributed by atoms with Gasteiger partial charge in [0.1, 0.15) is 5.78 Å². The van der Waals surface area contributed by atoms with Gasteiger partial charge in [0.05, 0.1) is 12.0 Å². The zero-order valence-corrected chi connectivity index (χ0v) is 14.8. The van der Waals surface area contributed by atoms with Crippen LogP contribution in [0.1, 0.15) is 80.1 Å². The van der Waals surface area contributed by atoms with Gasteiger partial charge in [0.15, 0.2) is 0 Å². The first-order chi connectivity index (χ1) is 9.29. The third kappa shape index (κ3) is 5.55. The van der Waals surface area contributed by atoms with Crippen molar-refractivity contribution < 1.29 is 9.53 Å². The number of carbonyl (C=O) groups is 1. The third-order valence-corrected chi connectivity index (χ3v) is 5.13. The van der Waals surface area contributed by atoms with Gasteiger partial charge in [0, 0.05) is 13.5 Å². The molecule has 0 aromatic rings. The fourth-order valence-corrected chi connectivity index (χ4v) is 2.81. The Kier molecular flexibility index (Phi) is 8.65. The Balaban J connectivity index is 4.89. The topological polar surface area (TPSA) is 26.3 Å². The van der Waals surface area contributed by atoms with Crippen molar-refractivity contribution in [3.8, 4) is 0 Å². The van der Waals surface area contributed by atoms with Gasteiger partial charge in [-0.3, -0.25) is 4.79 Å². The summed E-state index contributed by atoms with van der Waals surface area (Å²) in [5.74, 6) is 1.11. The van der Waals surface area contributed by atoms with E-state index in [9.17, 15) is 4.79 Å². The molecule has 0 saturated carbocycles. The Morgan fingerprint density at radius 1 is 1.10 bits per heavy atom. The van der Waals surface area contributed by atoms with Crippen LogP contribution in [0.5, 0.6) is 0 Å². The second kappa shape index (κ2) is 8.81. The molecule has 0 aromatic carbocycles. The highest BCUT2D eigenvalue weighted by Gasteiger charge is 2.38. The molecule has 2 nitrogen and oxygen atoms in total. The van der Waals surface area contributed by atoms with E-state index in [1.54, 1.807) is 7.11 Å². The summed E-state index contributed by atoms with van der Waals surface area (Å²) in [6, 6.07) is 0. The second-order valence-corrected chi connectivity index (χ2v) is 7.12. The molecule has 2 heteroatoms. The fraction of sp³-hybridized carbons (Fsp3) is 0.944. The van der Waals surface area contributed by atoms with Gasteiger partial charge < -0.3 is 4.74 Å². The molecule has 0 fully saturated rings. The molecule has 0 heterocycles. The molecule has 0 aromatic heterocycles. The number of hydrogen-bond donors (Lipinski definition) is 0. The van der Waals surface area contributed by atoms with Gasteiger partial charge in [-0.1, -0.05) is 54.4 Å². The van der Waals surface area contributed by atoms with Crippen molar-refractivity contribution in [2.45, 2.75) is 80.1 Å². The normalized spacial score (nSPS) is 15.4. The van der Waals surface area contributed by atoms with Crippen molar-refractivity contribution >= 4 is 5.78 Å². The number of methoxy groups -OCH3 is 1. The van der Waals surface area contributed by atoms with Gasteiger partial charge in [0.2, 0.25) is 0 Å². The SMILES string of the molecule is CCC(C)(CCC(C)C)CC(=O)C(CC)(CC)COC. The Morgan fingerprint density at radius 2 is 1.65 bits per heavy atom. The monoisotopic (exact) mass is 284 g/mol. The average Bonchev–Trinajstić information content (AvgIpc) is 2.42. The zero-order chi connectivity index (χ0) is 15.8. The molecule has 0 amide bonds. The number of ketones is 1. The molecule has 0 N–H and O–H groups in total. The summed E-state index contributed by atoms with van der Waals surface area (Å²) >= 11 is 0. The molecule has 0 rings (SSSR count). The van der Waals surface area contributed by atoms with Crippen molar-refractivity contribution in [2.24, 2.45) is 16.7 Å². The van der Waals surface area contributed by atoms with Crippen LogP contribution in [0.15, 0.2) is 0 Å². The lowest BCUT2D eigenvalue weighted by atomic mass is 9.69. The molecule has 1 atom stereocenters. The van der Waals surface area contributed by atoms with Crippen LogP contribution in [0.4, 0.5) is 0 Å². The standard InChI is InChI=1S/C18H36O2/c1-8-17(6,12-11-15(4)5)13-16(19)18(9-2,10-3)14-20-7/h15H,8-14H2,1-7H3. The quantitative estimate of drug-likeness (QED) is 0.518. The van der Waals surface area contributed by atoms with Gasteiger partial charge in [-0.15, -0.1) is 0 Å². The number of ether oxygens (including phenoxy) is 1. The molecule has 120 valence electrons. The van der Waals surface area contributed by atoms with Crippen molar-refractivity contribution in [2.75, 3.05) is 13.7 Å². The highest BCUT2D eigenvalue weighted by atomic mass is 16.5. The summed E-state index contributed by atoms with van der Waals surface area (Å²) in [5, 5.41) is 0. The molecule has 0 radical (unpaired) electrons. The highest BCUT2D eigenvalue weighted by Crippen LogP contribution is 2.38. The Labute approximate surface area is 126 Å². The van der Waals surface area contributed by atoms with E-state index >= 15 is 0 Å². The van der Waals surface area contributed by atoms with Gasteiger partial charge in [-0.05, 0) is 30.6 Å². The third-order valence-electron chi connectivity index (χ3n) is 5.13. The maximum Gasteiger partial charge on any atom is 0.141 e. The summed E-state index contributed by atoms with van der Waals surface area (Å²) in [6.07, 6.45) is 5.86. The van der Waals surface area contributed by atoms with E-state index in [-0.39, 0.29) is 10.8 Å². The summed E-state index contributed by atoms with van der Waals surface area (Å²) in [7, 11) is 1.70. The largest absolute Gasteiger partial charge is 0.384 e.